The number of methoxy groups -OCH3 is 2. The van der Waals surface area contributed by atoms with Crippen molar-refractivity contribution in [2.75, 3.05) is 32.3 Å². The first-order chi connectivity index (χ1) is 18.7. The van der Waals surface area contributed by atoms with Gasteiger partial charge in [-0.2, -0.15) is 0 Å². The van der Waals surface area contributed by atoms with E-state index in [1.807, 2.05) is 0 Å². The number of phenols is 1. The Labute approximate surface area is 234 Å². The number of thiazole rings is 1. The molecule has 2 aliphatic heterocycles. The summed E-state index contributed by atoms with van der Waals surface area (Å²) in [6, 6.07) is 6.42. The number of carbonyl (C=O) groups excluding carboxylic acids is 3. The summed E-state index contributed by atoms with van der Waals surface area (Å²) in [6.07, 6.45) is 0. The fraction of sp³-hybridized carbons (Fsp3) is 0.231. The maximum Gasteiger partial charge on any atom is 0.350 e. The highest BCUT2D eigenvalue weighted by atomic mass is 79.9. The topological polar surface area (TPSA) is 145 Å². The monoisotopic (exact) mass is 616 g/mol. The van der Waals surface area contributed by atoms with Crippen molar-refractivity contribution in [2.45, 2.75) is 13.0 Å². The second-order valence-corrected chi connectivity index (χ2v) is 10.3. The van der Waals surface area contributed by atoms with Crippen LogP contribution in [0.5, 0.6) is 23.0 Å². The zero-order valence-electron chi connectivity index (χ0n) is 20.8. The van der Waals surface area contributed by atoms with Gasteiger partial charge in [-0.15, -0.1) is 0 Å². The molecule has 0 saturated carbocycles. The molecule has 13 heteroatoms. The third-order valence-electron chi connectivity index (χ3n) is 6.21. The predicted molar refractivity (Wildman–Crippen MR) is 143 cm³/mol. The summed E-state index contributed by atoms with van der Waals surface area (Å²) in [5, 5.41) is 21.9. The number of phenolic OH excluding ortho intramolecular Hbond substituents is 1. The molecule has 2 N–H and O–H groups in total. The van der Waals surface area contributed by atoms with E-state index in [1.165, 1.54) is 32.4 Å². The lowest BCUT2D eigenvalue weighted by Crippen LogP contribution is -2.29. The number of carbonyl (C=O) groups is 3. The Hall–Kier alpha value is -4.10. The molecule has 1 atom stereocenters. The number of halogens is 1. The fourth-order valence-corrected chi connectivity index (χ4v) is 5.84. The second-order valence-electron chi connectivity index (χ2n) is 8.48. The van der Waals surface area contributed by atoms with Gasteiger partial charge in [-0.25, -0.2) is 9.78 Å². The zero-order valence-corrected chi connectivity index (χ0v) is 23.2. The van der Waals surface area contributed by atoms with Crippen molar-refractivity contribution in [3.8, 4) is 23.0 Å². The first-order valence-corrected chi connectivity index (χ1v) is 13.1. The number of Topliss-reactive ketones (excluding diaryl/α,β-unsaturated/α-hetero) is 1. The van der Waals surface area contributed by atoms with Crippen molar-refractivity contribution < 1.29 is 43.5 Å². The van der Waals surface area contributed by atoms with Crippen molar-refractivity contribution in [3.05, 3.63) is 62.1 Å². The summed E-state index contributed by atoms with van der Waals surface area (Å²) in [6.45, 7) is 2.27. The molecule has 1 fully saturated rings. The van der Waals surface area contributed by atoms with E-state index >= 15 is 0 Å². The number of aliphatic hydroxyl groups excluding tert-OH is 1. The number of amides is 1. The van der Waals surface area contributed by atoms with Gasteiger partial charge in [-0.3, -0.25) is 14.5 Å². The largest absolute Gasteiger partial charge is 0.507 e. The maximum atomic E-state index is 13.5. The molecular formula is C26H21BrN2O9S. The van der Waals surface area contributed by atoms with E-state index < -0.39 is 29.5 Å². The van der Waals surface area contributed by atoms with E-state index in [0.717, 1.165) is 16.2 Å². The average molecular weight is 617 g/mol. The van der Waals surface area contributed by atoms with E-state index in [-0.39, 0.29) is 37.1 Å². The number of fused-ring (bicyclic) bond motifs is 1. The molecule has 1 aromatic heterocycles. The van der Waals surface area contributed by atoms with Gasteiger partial charge in [0.25, 0.3) is 5.78 Å². The number of aromatic hydroxyl groups is 1. The smallest absolute Gasteiger partial charge is 0.350 e. The molecule has 3 aromatic rings. The highest BCUT2D eigenvalue weighted by Crippen LogP contribution is 2.47. The standard InChI is InChI=1S/C26H21BrN2O9S/c1-11-23(25(34)36-3)39-26(28-11)29-19(13-8-14(27)21(31)17(10-13)35-2)18(22(32)24(29)33)20(30)12-4-5-15-16(9-12)38-7-6-37-15/h4-5,8-10,19,30-31H,6-7H2,1-3H3/b20-18+/t19-/m1/s1. The van der Waals surface area contributed by atoms with E-state index in [0.29, 0.717) is 36.0 Å². The molecule has 39 heavy (non-hydrogen) atoms. The summed E-state index contributed by atoms with van der Waals surface area (Å²) in [4.78, 5) is 44.9. The normalized spacial score (nSPS) is 17.8. The summed E-state index contributed by atoms with van der Waals surface area (Å²) >= 11 is 4.15. The van der Waals surface area contributed by atoms with E-state index in [9.17, 15) is 24.6 Å². The van der Waals surface area contributed by atoms with Crippen LogP contribution < -0.4 is 19.1 Å². The van der Waals surface area contributed by atoms with Gasteiger partial charge in [0.1, 0.15) is 23.9 Å². The zero-order chi connectivity index (χ0) is 28.0. The van der Waals surface area contributed by atoms with Crippen LogP contribution in [0.1, 0.15) is 32.5 Å². The first kappa shape index (κ1) is 26.5. The number of benzene rings is 2. The van der Waals surface area contributed by atoms with Gasteiger partial charge in [0.05, 0.1) is 36.0 Å². The summed E-state index contributed by atoms with van der Waals surface area (Å²) < 4.78 is 21.5. The number of ketones is 1. The number of rotatable bonds is 5. The lowest BCUT2D eigenvalue weighted by atomic mass is 9.95. The Balaban J connectivity index is 1.74. The number of hydrogen-bond donors (Lipinski definition) is 2. The van der Waals surface area contributed by atoms with Crippen LogP contribution in [-0.4, -0.2) is 60.3 Å². The minimum atomic E-state index is -1.19. The Bertz CT molecular complexity index is 1560. The Morgan fingerprint density at radius 2 is 1.87 bits per heavy atom. The van der Waals surface area contributed by atoms with Gasteiger partial charge >= 0.3 is 11.9 Å². The lowest BCUT2D eigenvalue weighted by molar-refractivity contribution is -0.132. The molecule has 0 spiro atoms. The molecule has 2 aromatic carbocycles. The molecular weight excluding hydrogens is 596 g/mol. The van der Waals surface area contributed by atoms with E-state index in [2.05, 4.69) is 20.9 Å². The lowest BCUT2D eigenvalue weighted by Gasteiger charge is -2.24. The molecule has 1 amide bonds. The second kappa shape index (κ2) is 10.2. The van der Waals surface area contributed by atoms with Gasteiger partial charge in [-0.05, 0) is 58.7 Å². The van der Waals surface area contributed by atoms with Gasteiger partial charge < -0.3 is 29.2 Å². The molecule has 0 radical (unpaired) electrons. The van der Waals surface area contributed by atoms with Crippen LogP contribution >= 0.6 is 27.3 Å². The Morgan fingerprint density at radius 3 is 2.56 bits per heavy atom. The minimum Gasteiger partial charge on any atom is -0.507 e. The molecule has 202 valence electrons. The van der Waals surface area contributed by atoms with Crippen LogP contribution in [0.25, 0.3) is 5.76 Å². The highest BCUT2D eigenvalue weighted by molar-refractivity contribution is 9.10. The number of ether oxygens (including phenoxy) is 4. The number of hydrogen-bond acceptors (Lipinski definition) is 11. The Morgan fingerprint density at radius 1 is 1.15 bits per heavy atom. The summed E-state index contributed by atoms with van der Waals surface area (Å²) in [5.41, 5.74) is 0.613. The molecule has 2 aliphatic rings. The van der Waals surface area contributed by atoms with Gasteiger partial charge in [0.2, 0.25) is 0 Å². The highest BCUT2D eigenvalue weighted by Gasteiger charge is 2.49. The number of aromatic nitrogens is 1. The first-order valence-electron chi connectivity index (χ1n) is 11.5. The van der Waals surface area contributed by atoms with Crippen molar-refractivity contribution in [3.63, 3.8) is 0 Å². The number of esters is 1. The van der Waals surface area contributed by atoms with Crippen LogP contribution in [0, 0.1) is 6.92 Å². The predicted octanol–water partition coefficient (Wildman–Crippen LogP) is 4.11. The number of nitrogens with zero attached hydrogens (tertiary/aromatic N) is 2. The fourth-order valence-electron chi connectivity index (χ4n) is 4.37. The van der Waals surface area contributed by atoms with Crippen molar-refractivity contribution in [2.24, 2.45) is 0 Å². The van der Waals surface area contributed by atoms with Gasteiger partial charge in [0, 0.05) is 5.56 Å². The van der Waals surface area contributed by atoms with Gasteiger partial charge in [-0.1, -0.05) is 11.3 Å². The van der Waals surface area contributed by atoms with Crippen LogP contribution in [0.2, 0.25) is 0 Å². The molecule has 11 nitrogen and oxygen atoms in total. The molecule has 0 bridgehead atoms. The van der Waals surface area contributed by atoms with E-state index in [4.69, 9.17) is 18.9 Å². The van der Waals surface area contributed by atoms with Crippen LogP contribution in [0.3, 0.4) is 0 Å². The van der Waals surface area contributed by atoms with Crippen LogP contribution in [0.15, 0.2) is 40.4 Å². The number of aryl methyl sites for hydroxylation is 1. The van der Waals surface area contributed by atoms with Crippen molar-refractivity contribution in [1.29, 1.82) is 0 Å². The molecule has 1 saturated heterocycles. The third kappa shape index (κ3) is 4.46. The Kier molecular flexibility index (Phi) is 6.95. The van der Waals surface area contributed by atoms with Gasteiger partial charge in [0.15, 0.2) is 28.1 Å². The maximum absolute atomic E-state index is 13.5. The summed E-state index contributed by atoms with van der Waals surface area (Å²) in [5.74, 6) is -2.30. The van der Waals surface area contributed by atoms with Crippen LogP contribution in [-0.2, 0) is 14.3 Å². The number of aliphatic hydroxyl groups is 1. The van der Waals surface area contributed by atoms with Crippen molar-refractivity contribution in [1.82, 2.24) is 4.98 Å². The molecule has 5 rings (SSSR count). The minimum absolute atomic E-state index is 0.0457. The molecule has 0 unspecified atom stereocenters. The van der Waals surface area contributed by atoms with Crippen molar-refractivity contribution >= 4 is 55.8 Å². The third-order valence-corrected chi connectivity index (χ3v) is 7.95. The number of anilines is 1. The van der Waals surface area contributed by atoms with E-state index in [1.54, 1.807) is 19.1 Å². The average Bonchev–Trinajstić information content (AvgIpc) is 3.45. The summed E-state index contributed by atoms with van der Waals surface area (Å²) in [7, 11) is 2.57. The molecule has 3 heterocycles. The molecule has 0 aliphatic carbocycles. The SMILES string of the molecule is COC(=O)c1sc(N2C(=O)C(=O)/C(=C(/O)c3ccc4c(c3)OCCO4)[C@H]2c2cc(Br)c(O)c(OC)c2)nc1C. The quantitative estimate of drug-likeness (QED) is 0.186. The van der Waals surface area contributed by atoms with Crippen LogP contribution in [0.4, 0.5) is 5.13 Å².